The molecule has 7 heteroatoms. The summed E-state index contributed by atoms with van der Waals surface area (Å²) < 4.78 is 4.80. The molecular formula is C16H21N3O4. The van der Waals surface area contributed by atoms with Crippen molar-refractivity contribution in [3.8, 4) is 0 Å². The molecule has 0 atom stereocenters. The largest absolute Gasteiger partial charge is 0.383 e. The molecule has 1 aromatic carbocycles. The van der Waals surface area contributed by atoms with E-state index in [1.54, 1.807) is 23.1 Å². The van der Waals surface area contributed by atoms with E-state index in [0.717, 1.165) is 17.7 Å². The number of nitrogens with one attached hydrogen (secondary N) is 2. The number of hydrogen-bond donors (Lipinski definition) is 2. The molecule has 0 saturated carbocycles. The second-order valence-corrected chi connectivity index (χ2v) is 5.35. The Morgan fingerprint density at radius 1 is 1.30 bits per heavy atom. The number of rotatable bonds is 5. The van der Waals surface area contributed by atoms with Crippen LogP contribution in [0.3, 0.4) is 0 Å². The average molecular weight is 319 g/mol. The van der Waals surface area contributed by atoms with E-state index in [1.165, 1.54) is 7.11 Å². The fourth-order valence-corrected chi connectivity index (χ4v) is 2.47. The molecule has 7 nitrogen and oxygen atoms in total. The fourth-order valence-electron chi connectivity index (χ4n) is 2.47. The maximum atomic E-state index is 11.8. The zero-order valence-electron chi connectivity index (χ0n) is 13.3. The van der Waals surface area contributed by atoms with Crippen LogP contribution in [-0.4, -0.2) is 44.5 Å². The summed E-state index contributed by atoms with van der Waals surface area (Å²) in [6.07, 6.45) is 1.43. The van der Waals surface area contributed by atoms with Crippen molar-refractivity contribution >= 4 is 29.1 Å². The molecule has 1 aromatic rings. The minimum atomic E-state index is -0.731. The Morgan fingerprint density at radius 3 is 2.70 bits per heavy atom. The third-order valence-corrected chi connectivity index (χ3v) is 3.62. The summed E-state index contributed by atoms with van der Waals surface area (Å²) in [4.78, 5) is 36.9. The SMILES string of the molecule is COCCNC(=O)C(=O)Nc1ccc(N2CCCC2=O)c(C)c1. The van der Waals surface area contributed by atoms with Crippen LogP contribution in [0, 0.1) is 6.92 Å². The maximum absolute atomic E-state index is 11.8. The smallest absolute Gasteiger partial charge is 0.313 e. The first-order valence-corrected chi connectivity index (χ1v) is 7.52. The summed E-state index contributed by atoms with van der Waals surface area (Å²) in [6.45, 7) is 3.21. The summed E-state index contributed by atoms with van der Waals surface area (Å²) in [5.41, 5.74) is 2.23. The monoisotopic (exact) mass is 319 g/mol. The topological polar surface area (TPSA) is 87.7 Å². The van der Waals surface area contributed by atoms with Gasteiger partial charge in [-0.3, -0.25) is 14.4 Å². The standard InChI is InChI=1S/C16H21N3O4/c1-11-10-12(18-16(22)15(21)17-7-9-23-2)5-6-13(11)19-8-3-4-14(19)20/h5-6,10H,3-4,7-9H2,1-2H3,(H,17,21)(H,18,22). The summed E-state index contributed by atoms with van der Waals surface area (Å²) in [5.74, 6) is -1.33. The van der Waals surface area contributed by atoms with E-state index in [1.807, 2.05) is 6.92 Å². The zero-order valence-corrected chi connectivity index (χ0v) is 13.3. The third-order valence-electron chi connectivity index (χ3n) is 3.62. The van der Waals surface area contributed by atoms with E-state index in [9.17, 15) is 14.4 Å². The van der Waals surface area contributed by atoms with Crippen molar-refractivity contribution in [3.05, 3.63) is 23.8 Å². The van der Waals surface area contributed by atoms with Gasteiger partial charge in [0.1, 0.15) is 0 Å². The molecule has 124 valence electrons. The van der Waals surface area contributed by atoms with Crippen LogP contribution in [0.5, 0.6) is 0 Å². The molecule has 0 radical (unpaired) electrons. The van der Waals surface area contributed by atoms with Crippen LogP contribution in [0.1, 0.15) is 18.4 Å². The Kier molecular flexibility index (Phi) is 5.70. The van der Waals surface area contributed by atoms with Crippen LogP contribution in [-0.2, 0) is 19.1 Å². The average Bonchev–Trinajstić information content (AvgIpc) is 2.93. The third kappa shape index (κ3) is 4.29. The van der Waals surface area contributed by atoms with Crippen LogP contribution in [0.25, 0.3) is 0 Å². The molecular weight excluding hydrogens is 298 g/mol. The van der Waals surface area contributed by atoms with Crippen molar-refractivity contribution in [2.75, 3.05) is 37.0 Å². The molecule has 0 aromatic heterocycles. The van der Waals surface area contributed by atoms with Gasteiger partial charge in [-0.2, -0.15) is 0 Å². The number of ether oxygens (including phenoxy) is 1. The molecule has 1 saturated heterocycles. The van der Waals surface area contributed by atoms with Gasteiger partial charge in [0.15, 0.2) is 0 Å². The number of aryl methyl sites for hydroxylation is 1. The van der Waals surface area contributed by atoms with Gasteiger partial charge < -0.3 is 20.3 Å². The minimum Gasteiger partial charge on any atom is -0.383 e. The van der Waals surface area contributed by atoms with Crippen molar-refractivity contribution in [1.82, 2.24) is 5.32 Å². The van der Waals surface area contributed by atoms with E-state index in [-0.39, 0.29) is 12.5 Å². The lowest BCUT2D eigenvalue weighted by Gasteiger charge is -2.19. The van der Waals surface area contributed by atoms with Crippen molar-refractivity contribution in [2.45, 2.75) is 19.8 Å². The van der Waals surface area contributed by atoms with E-state index in [4.69, 9.17) is 4.74 Å². The zero-order chi connectivity index (χ0) is 16.8. The predicted octanol–water partition coefficient (Wildman–Crippen LogP) is 0.823. The molecule has 0 unspecified atom stereocenters. The molecule has 1 fully saturated rings. The first kappa shape index (κ1) is 17.0. The summed E-state index contributed by atoms with van der Waals surface area (Å²) in [6, 6.07) is 5.23. The fraction of sp³-hybridized carbons (Fsp3) is 0.438. The molecule has 0 bridgehead atoms. The highest BCUT2D eigenvalue weighted by Gasteiger charge is 2.23. The highest BCUT2D eigenvalue weighted by atomic mass is 16.5. The van der Waals surface area contributed by atoms with Crippen LogP contribution in [0.2, 0.25) is 0 Å². The molecule has 23 heavy (non-hydrogen) atoms. The van der Waals surface area contributed by atoms with Gasteiger partial charge in [-0.15, -0.1) is 0 Å². The maximum Gasteiger partial charge on any atom is 0.313 e. The Balaban J connectivity index is 1.99. The first-order chi connectivity index (χ1) is 11.0. The van der Waals surface area contributed by atoms with Crippen molar-refractivity contribution in [1.29, 1.82) is 0 Å². The quantitative estimate of drug-likeness (QED) is 0.621. The van der Waals surface area contributed by atoms with Gasteiger partial charge in [-0.05, 0) is 37.1 Å². The van der Waals surface area contributed by atoms with E-state index >= 15 is 0 Å². The van der Waals surface area contributed by atoms with Crippen LogP contribution >= 0.6 is 0 Å². The Hall–Kier alpha value is -2.41. The highest BCUT2D eigenvalue weighted by Crippen LogP contribution is 2.27. The number of anilines is 2. The van der Waals surface area contributed by atoms with Gasteiger partial charge in [0.25, 0.3) is 0 Å². The Labute approximate surface area is 135 Å². The van der Waals surface area contributed by atoms with Gasteiger partial charge in [0.2, 0.25) is 5.91 Å². The number of methoxy groups -OCH3 is 1. The Bertz CT molecular complexity index is 615. The van der Waals surface area contributed by atoms with Gasteiger partial charge in [-0.1, -0.05) is 0 Å². The minimum absolute atomic E-state index is 0.113. The number of nitrogens with zero attached hydrogens (tertiary/aromatic N) is 1. The van der Waals surface area contributed by atoms with E-state index in [0.29, 0.717) is 25.3 Å². The van der Waals surface area contributed by atoms with E-state index < -0.39 is 11.8 Å². The number of hydrogen-bond acceptors (Lipinski definition) is 4. The molecule has 3 amide bonds. The summed E-state index contributed by atoms with van der Waals surface area (Å²) >= 11 is 0. The number of carbonyl (C=O) groups is 3. The van der Waals surface area contributed by atoms with Gasteiger partial charge in [0.05, 0.1) is 6.61 Å². The number of benzene rings is 1. The molecule has 1 aliphatic heterocycles. The van der Waals surface area contributed by atoms with Crippen LogP contribution in [0.4, 0.5) is 11.4 Å². The first-order valence-electron chi connectivity index (χ1n) is 7.52. The lowest BCUT2D eigenvalue weighted by molar-refractivity contribution is -0.136. The second kappa shape index (κ2) is 7.73. The van der Waals surface area contributed by atoms with Crippen LogP contribution < -0.4 is 15.5 Å². The molecule has 1 heterocycles. The molecule has 2 N–H and O–H groups in total. The lowest BCUT2D eigenvalue weighted by Crippen LogP contribution is -2.37. The number of amides is 3. The molecule has 0 spiro atoms. The molecule has 0 aliphatic carbocycles. The van der Waals surface area contributed by atoms with E-state index in [2.05, 4.69) is 10.6 Å². The van der Waals surface area contributed by atoms with Crippen LogP contribution in [0.15, 0.2) is 18.2 Å². The molecule has 1 aliphatic rings. The van der Waals surface area contributed by atoms with Crippen molar-refractivity contribution in [2.24, 2.45) is 0 Å². The van der Waals surface area contributed by atoms with Gasteiger partial charge in [-0.25, -0.2) is 0 Å². The summed E-state index contributed by atoms with van der Waals surface area (Å²) in [7, 11) is 1.52. The van der Waals surface area contributed by atoms with Crippen molar-refractivity contribution in [3.63, 3.8) is 0 Å². The number of carbonyl (C=O) groups excluding carboxylic acids is 3. The van der Waals surface area contributed by atoms with Crippen molar-refractivity contribution < 1.29 is 19.1 Å². The summed E-state index contributed by atoms with van der Waals surface area (Å²) in [5, 5.41) is 4.99. The van der Waals surface area contributed by atoms with Gasteiger partial charge in [0, 0.05) is 38.0 Å². The normalized spacial score (nSPS) is 14.0. The van der Waals surface area contributed by atoms with Gasteiger partial charge >= 0.3 is 11.8 Å². The second-order valence-electron chi connectivity index (χ2n) is 5.35. The Morgan fingerprint density at radius 2 is 2.09 bits per heavy atom. The highest BCUT2D eigenvalue weighted by molar-refractivity contribution is 6.39. The lowest BCUT2D eigenvalue weighted by atomic mass is 10.1. The molecule has 2 rings (SSSR count). The predicted molar refractivity (Wildman–Crippen MR) is 86.3 cm³/mol.